The molecule has 2 fully saturated rings. The van der Waals surface area contributed by atoms with Gasteiger partial charge in [-0.3, -0.25) is 14.9 Å². The van der Waals surface area contributed by atoms with E-state index in [1.165, 1.54) is 0 Å². The van der Waals surface area contributed by atoms with Crippen LogP contribution in [-0.4, -0.2) is 11.8 Å². The summed E-state index contributed by atoms with van der Waals surface area (Å²) in [6.45, 7) is 4.37. The molecule has 3 nitrogen and oxygen atoms in total. The van der Waals surface area contributed by atoms with E-state index in [1.54, 1.807) is 0 Å². The summed E-state index contributed by atoms with van der Waals surface area (Å²) in [7, 11) is 0. The number of imide groups is 1. The van der Waals surface area contributed by atoms with Crippen LogP contribution in [0, 0.1) is 10.8 Å². The molecular weight excluding hydrogens is 178 g/mol. The van der Waals surface area contributed by atoms with Crippen LogP contribution >= 0.6 is 0 Å². The van der Waals surface area contributed by atoms with Gasteiger partial charge in [0.05, 0.1) is 0 Å². The van der Waals surface area contributed by atoms with E-state index in [1.807, 2.05) is 0 Å². The van der Waals surface area contributed by atoms with Gasteiger partial charge in [-0.15, -0.1) is 0 Å². The Balaban J connectivity index is 2.30. The van der Waals surface area contributed by atoms with Gasteiger partial charge in [0.15, 0.2) is 0 Å². The smallest absolute Gasteiger partial charge is 0.227 e. The minimum absolute atomic E-state index is 0.0492. The molecule has 1 saturated carbocycles. The summed E-state index contributed by atoms with van der Waals surface area (Å²) in [6, 6.07) is 0. The van der Waals surface area contributed by atoms with Crippen molar-refractivity contribution in [2.75, 3.05) is 0 Å². The van der Waals surface area contributed by atoms with Gasteiger partial charge in [-0.1, -0.05) is 20.3 Å². The first-order valence-corrected chi connectivity index (χ1v) is 5.28. The highest BCUT2D eigenvalue weighted by atomic mass is 16.2. The minimum atomic E-state index is -0.0868. The monoisotopic (exact) mass is 195 g/mol. The highest BCUT2D eigenvalue weighted by Crippen LogP contribution is 2.57. The summed E-state index contributed by atoms with van der Waals surface area (Å²) in [5.41, 5.74) is 0.0901. The Kier molecular flexibility index (Phi) is 1.95. The van der Waals surface area contributed by atoms with Gasteiger partial charge in [-0.2, -0.15) is 0 Å². The van der Waals surface area contributed by atoms with E-state index in [0.29, 0.717) is 12.8 Å². The molecule has 0 aromatic carbocycles. The molecule has 1 spiro atoms. The molecule has 78 valence electrons. The van der Waals surface area contributed by atoms with Gasteiger partial charge >= 0.3 is 0 Å². The number of rotatable bonds is 0. The summed E-state index contributed by atoms with van der Waals surface area (Å²) in [6.07, 6.45) is 4.37. The Morgan fingerprint density at radius 2 is 1.64 bits per heavy atom. The summed E-state index contributed by atoms with van der Waals surface area (Å²) >= 11 is 0. The second kappa shape index (κ2) is 2.81. The largest absolute Gasteiger partial charge is 0.296 e. The maximum absolute atomic E-state index is 11.4. The van der Waals surface area contributed by atoms with Crippen molar-refractivity contribution in [3.8, 4) is 0 Å². The van der Waals surface area contributed by atoms with Crippen molar-refractivity contribution in [2.45, 2.75) is 46.0 Å². The molecule has 1 aliphatic heterocycles. The topological polar surface area (TPSA) is 46.2 Å². The standard InChI is InChI=1S/C11H17NO2/c1-10(2)4-3-5-11(10)6-8(13)12-9(14)7-11/h3-7H2,1-2H3,(H,12,13,14). The highest BCUT2D eigenvalue weighted by molar-refractivity contribution is 5.98. The fraction of sp³-hybridized carbons (Fsp3) is 0.818. The normalized spacial score (nSPS) is 29.3. The van der Waals surface area contributed by atoms with Gasteiger partial charge in [0.25, 0.3) is 0 Å². The SMILES string of the molecule is CC1(C)CCCC12CC(=O)NC(=O)C2. The number of hydrogen-bond acceptors (Lipinski definition) is 2. The number of amides is 2. The molecule has 1 saturated heterocycles. The van der Waals surface area contributed by atoms with Gasteiger partial charge in [0, 0.05) is 12.8 Å². The van der Waals surface area contributed by atoms with Crippen molar-refractivity contribution in [2.24, 2.45) is 10.8 Å². The first-order valence-electron chi connectivity index (χ1n) is 5.28. The van der Waals surface area contributed by atoms with E-state index in [0.717, 1.165) is 19.3 Å². The minimum Gasteiger partial charge on any atom is -0.296 e. The first kappa shape index (κ1) is 9.69. The van der Waals surface area contributed by atoms with Crippen LogP contribution in [0.1, 0.15) is 46.0 Å². The molecule has 3 heteroatoms. The first-order chi connectivity index (χ1) is 6.45. The Hall–Kier alpha value is -0.860. The third kappa shape index (κ3) is 1.26. The summed E-state index contributed by atoms with van der Waals surface area (Å²) < 4.78 is 0. The van der Waals surface area contributed by atoms with E-state index >= 15 is 0 Å². The summed E-state index contributed by atoms with van der Waals surface area (Å²) in [5, 5.41) is 2.39. The average molecular weight is 195 g/mol. The van der Waals surface area contributed by atoms with E-state index < -0.39 is 0 Å². The van der Waals surface area contributed by atoms with Crippen molar-refractivity contribution in [3.63, 3.8) is 0 Å². The zero-order valence-corrected chi connectivity index (χ0v) is 8.85. The van der Waals surface area contributed by atoms with Crippen LogP contribution < -0.4 is 5.32 Å². The number of carbonyl (C=O) groups is 2. The molecule has 1 heterocycles. The number of nitrogens with one attached hydrogen (secondary N) is 1. The molecular formula is C11H17NO2. The van der Waals surface area contributed by atoms with Gasteiger partial charge in [-0.05, 0) is 23.7 Å². The van der Waals surface area contributed by atoms with Crippen molar-refractivity contribution in [3.05, 3.63) is 0 Å². The third-order valence-corrected chi connectivity index (χ3v) is 4.17. The van der Waals surface area contributed by atoms with Crippen LogP contribution in [0.15, 0.2) is 0 Å². The zero-order chi connectivity index (χ0) is 10.4. The van der Waals surface area contributed by atoms with E-state index in [9.17, 15) is 9.59 Å². The molecule has 2 amide bonds. The van der Waals surface area contributed by atoms with Crippen molar-refractivity contribution in [1.82, 2.24) is 5.32 Å². The lowest BCUT2D eigenvalue weighted by Crippen LogP contribution is -2.48. The fourth-order valence-corrected chi connectivity index (χ4v) is 3.05. The van der Waals surface area contributed by atoms with Gasteiger partial charge in [0.1, 0.15) is 0 Å². The lowest BCUT2D eigenvalue weighted by molar-refractivity contribution is -0.141. The molecule has 2 aliphatic rings. The van der Waals surface area contributed by atoms with E-state index in [2.05, 4.69) is 19.2 Å². The third-order valence-electron chi connectivity index (χ3n) is 4.17. The quantitative estimate of drug-likeness (QED) is 0.597. The van der Waals surface area contributed by atoms with Crippen LogP contribution in [0.25, 0.3) is 0 Å². The van der Waals surface area contributed by atoms with Crippen LogP contribution in [-0.2, 0) is 9.59 Å². The second-order valence-corrected chi connectivity index (χ2v) is 5.34. The predicted octanol–water partition coefficient (Wildman–Crippen LogP) is 1.62. The van der Waals surface area contributed by atoms with Crippen LogP contribution in [0.4, 0.5) is 0 Å². The van der Waals surface area contributed by atoms with Crippen LogP contribution in [0.3, 0.4) is 0 Å². The lowest BCUT2D eigenvalue weighted by atomic mass is 9.63. The molecule has 1 aliphatic carbocycles. The lowest BCUT2D eigenvalue weighted by Gasteiger charge is -2.43. The average Bonchev–Trinajstić information content (AvgIpc) is 2.24. The van der Waals surface area contributed by atoms with E-state index in [-0.39, 0.29) is 22.6 Å². The number of piperidine rings is 1. The zero-order valence-electron chi connectivity index (χ0n) is 8.85. The summed E-state index contributed by atoms with van der Waals surface area (Å²) in [4.78, 5) is 22.8. The maximum atomic E-state index is 11.4. The Bertz CT molecular complexity index is 278. The molecule has 0 bridgehead atoms. The molecule has 0 aromatic heterocycles. The van der Waals surface area contributed by atoms with E-state index in [4.69, 9.17) is 0 Å². The summed E-state index contributed by atoms with van der Waals surface area (Å²) in [5.74, 6) is -0.174. The van der Waals surface area contributed by atoms with Gasteiger partial charge in [-0.25, -0.2) is 0 Å². The van der Waals surface area contributed by atoms with Crippen LogP contribution in [0.2, 0.25) is 0 Å². The molecule has 0 radical (unpaired) electrons. The molecule has 1 N–H and O–H groups in total. The predicted molar refractivity (Wildman–Crippen MR) is 52.4 cm³/mol. The van der Waals surface area contributed by atoms with Crippen molar-refractivity contribution >= 4 is 11.8 Å². The Labute approximate surface area is 84.2 Å². The molecule has 2 rings (SSSR count). The molecule has 0 unspecified atom stereocenters. The second-order valence-electron chi connectivity index (χ2n) is 5.34. The number of carbonyl (C=O) groups excluding carboxylic acids is 2. The fourth-order valence-electron chi connectivity index (χ4n) is 3.05. The molecule has 0 atom stereocenters. The molecule has 0 aromatic rings. The van der Waals surface area contributed by atoms with Gasteiger partial charge in [0.2, 0.25) is 11.8 Å². The van der Waals surface area contributed by atoms with Crippen molar-refractivity contribution < 1.29 is 9.59 Å². The maximum Gasteiger partial charge on any atom is 0.227 e. The Morgan fingerprint density at radius 3 is 2.07 bits per heavy atom. The van der Waals surface area contributed by atoms with Gasteiger partial charge < -0.3 is 0 Å². The number of hydrogen-bond donors (Lipinski definition) is 1. The molecule has 14 heavy (non-hydrogen) atoms. The highest BCUT2D eigenvalue weighted by Gasteiger charge is 2.52. The Morgan fingerprint density at radius 1 is 1.07 bits per heavy atom. The van der Waals surface area contributed by atoms with Crippen molar-refractivity contribution in [1.29, 1.82) is 0 Å². The van der Waals surface area contributed by atoms with Crippen LogP contribution in [0.5, 0.6) is 0 Å².